The lowest BCUT2D eigenvalue weighted by Gasteiger charge is -2.36. The first-order chi connectivity index (χ1) is 13.6. The van der Waals surface area contributed by atoms with Gasteiger partial charge in [-0.2, -0.15) is 10.2 Å². The number of hydrogen-bond donors (Lipinski definition) is 0. The highest BCUT2D eigenvalue weighted by Crippen LogP contribution is 2.31. The average molecular weight is 380 g/mol. The van der Waals surface area contributed by atoms with E-state index in [1.807, 2.05) is 46.8 Å². The number of aromatic nitrogens is 5. The Morgan fingerprint density at radius 3 is 2.82 bits per heavy atom. The monoisotopic (exact) mass is 380 g/mol. The van der Waals surface area contributed by atoms with E-state index in [2.05, 4.69) is 17.0 Å². The summed E-state index contributed by atoms with van der Waals surface area (Å²) in [6.07, 6.45) is 3.49. The summed E-state index contributed by atoms with van der Waals surface area (Å²) in [4.78, 5) is 18.8. The molecule has 1 amide bonds. The Morgan fingerprint density at radius 1 is 1.25 bits per heavy atom. The minimum Gasteiger partial charge on any atom is -0.377 e. The van der Waals surface area contributed by atoms with Gasteiger partial charge >= 0.3 is 0 Å². The molecular weight excluding hydrogens is 356 g/mol. The summed E-state index contributed by atoms with van der Waals surface area (Å²) in [5.41, 5.74) is 4.03. The number of aryl methyl sites for hydroxylation is 2. The molecule has 3 heterocycles. The molecule has 0 saturated carbocycles. The predicted octanol–water partition coefficient (Wildman–Crippen LogP) is 2.07. The highest BCUT2D eigenvalue weighted by atomic mass is 16.5. The van der Waals surface area contributed by atoms with Crippen LogP contribution in [0.2, 0.25) is 0 Å². The number of rotatable bonds is 5. The first kappa shape index (κ1) is 18.4. The predicted molar refractivity (Wildman–Crippen MR) is 103 cm³/mol. The van der Waals surface area contributed by atoms with Crippen LogP contribution < -0.4 is 0 Å². The van der Waals surface area contributed by atoms with Crippen molar-refractivity contribution in [2.24, 2.45) is 0 Å². The van der Waals surface area contributed by atoms with Crippen LogP contribution in [-0.4, -0.2) is 55.1 Å². The van der Waals surface area contributed by atoms with Crippen molar-refractivity contribution in [2.45, 2.75) is 32.9 Å². The smallest absolute Gasteiger partial charge is 0.225 e. The molecule has 1 saturated heterocycles. The number of ether oxygens (including phenoxy) is 1. The lowest BCUT2D eigenvalue weighted by atomic mass is 10.0. The molecule has 2 aromatic heterocycles. The highest BCUT2D eigenvalue weighted by molar-refractivity contribution is 5.77. The summed E-state index contributed by atoms with van der Waals surface area (Å²) < 4.78 is 9.35. The lowest BCUT2D eigenvalue weighted by Crippen LogP contribution is -2.44. The molecule has 8 heteroatoms. The van der Waals surface area contributed by atoms with E-state index in [0.29, 0.717) is 32.7 Å². The van der Waals surface area contributed by atoms with Gasteiger partial charge in [0.2, 0.25) is 5.91 Å². The van der Waals surface area contributed by atoms with Crippen LogP contribution in [0.15, 0.2) is 43.0 Å². The number of amides is 1. The van der Waals surface area contributed by atoms with Gasteiger partial charge in [0.1, 0.15) is 12.7 Å². The molecule has 28 heavy (non-hydrogen) atoms. The van der Waals surface area contributed by atoms with Crippen LogP contribution >= 0.6 is 0 Å². The second-order valence-corrected chi connectivity index (χ2v) is 6.92. The first-order valence-electron chi connectivity index (χ1n) is 9.46. The van der Waals surface area contributed by atoms with Crippen LogP contribution in [0.25, 0.3) is 5.69 Å². The van der Waals surface area contributed by atoms with Gasteiger partial charge in [-0.05, 0) is 26.0 Å². The van der Waals surface area contributed by atoms with E-state index >= 15 is 0 Å². The van der Waals surface area contributed by atoms with E-state index in [0.717, 1.165) is 22.6 Å². The van der Waals surface area contributed by atoms with Gasteiger partial charge in [0.15, 0.2) is 0 Å². The molecule has 0 bridgehead atoms. The van der Waals surface area contributed by atoms with Crippen molar-refractivity contribution in [2.75, 3.05) is 19.8 Å². The van der Waals surface area contributed by atoms with Gasteiger partial charge in [-0.1, -0.05) is 18.2 Å². The van der Waals surface area contributed by atoms with Gasteiger partial charge in [0, 0.05) is 24.2 Å². The average Bonchev–Trinajstić information content (AvgIpc) is 3.34. The zero-order valence-corrected chi connectivity index (χ0v) is 16.2. The SMILES string of the molecule is Cc1nn(-c2ccccc2)c(C)c1C1COCCN1C(=O)CCn1cncn1. The lowest BCUT2D eigenvalue weighted by molar-refractivity contribution is -0.140. The Bertz CT molecular complexity index is 935. The zero-order valence-electron chi connectivity index (χ0n) is 16.2. The number of carbonyl (C=O) groups excluding carboxylic acids is 1. The summed E-state index contributed by atoms with van der Waals surface area (Å²) in [7, 11) is 0. The Kier molecular flexibility index (Phi) is 5.21. The van der Waals surface area contributed by atoms with Gasteiger partial charge in [0.05, 0.1) is 37.2 Å². The van der Waals surface area contributed by atoms with Gasteiger partial charge in [0.25, 0.3) is 0 Å². The fourth-order valence-corrected chi connectivity index (χ4v) is 3.80. The van der Waals surface area contributed by atoms with Gasteiger partial charge in [-0.15, -0.1) is 0 Å². The van der Waals surface area contributed by atoms with Crippen LogP contribution in [0.5, 0.6) is 0 Å². The standard InChI is InChI=1S/C20H24N6O2/c1-15-20(16(2)26(23-15)17-6-4-3-5-7-17)18-12-28-11-10-25(18)19(27)8-9-24-14-21-13-22-24/h3-7,13-14,18H,8-12H2,1-2H3. The van der Waals surface area contributed by atoms with Gasteiger partial charge in [-0.3, -0.25) is 9.48 Å². The van der Waals surface area contributed by atoms with Crippen LogP contribution in [0.4, 0.5) is 0 Å². The number of para-hydroxylation sites is 1. The zero-order chi connectivity index (χ0) is 19.5. The van der Waals surface area contributed by atoms with Crippen molar-refractivity contribution < 1.29 is 9.53 Å². The first-order valence-corrected chi connectivity index (χ1v) is 9.46. The van der Waals surface area contributed by atoms with Crippen molar-refractivity contribution in [3.05, 3.63) is 59.9 Å². The second kappa shape index (κ2) is 7.93. The number of carbonyl (C=O) groups is 1. The van der Waals surface area contributed by atoms with E-state index in [9.17, 15) is 4.79 Å². The van der Waals surface area contributed by atoms with Crippen molar-refractivity contribution in [3.8, 4) is 5.69 Å². The van der Waals surface area contributed by atoms with E-state index in [-0.39, 0.29) is 11.9 Å². The Labute approximate surface area is 163 Å². The second-order valence-electron chi connectivity index (χ2n) is 6.92. The molecule has 0 N–H and O–H groups in total. The van der Waals surface area contributed by atoms with E-state index in [1.165, 1.54) is 6.33 Å². The molecule has 0 aliphatic carbocycles. The largest absolute Gasteiger partial charge is 0.377 e. The van der Waals surface area contributed by atoms with E-state index in [4.69, 9.17) is 9.84 Å². The van der Waals surface area contributed by atoms with Crippen molar-refractivity contribution >= 4 is 5.91 Å². The molecule has 0 spiro atoms. The molecule has 8 nitrogen and oxygen atoms in total. The topological polar surface area (TPSA) is 78.1 Å². The fraction of sp³-hybridized carbons (Fsp3) is 0.400. The molecule has 146 valence electrons. The molecular formula is C20H24N6O2. The normalized spacial score (nSPS) is 17.1. The molecule has 0 radical (unpaired) electrons. The molecule has 3 aromatic rings. The third-order valence-electron chi connectivity index (χ3n) is 5.15. The van der Waals surface area contributed by atoms with Crippen LogP contribution in [0.3, 0.4) is 0 Å². The van der Waals surface area contributed by atoms with Gasteiger partial charge in [-0.25, -0.2) is 9.67 Å². The van der Waals surface area contributed by atoms with Crippen molar-refractivity contribution in [1.82, 2.24) is 29.4 Å². The van der Waals surface area contributed by atoms with E-state index < -0.39 is 0 Å². The maximum atomic E-state index is 13.0. The summed E-state index contributed by atoms with van der Waals surface area (Å²) in [5, 5.41) is 8.81. The quantitative estimate of drug-likeness (QED) is 0.677. The number of hydrogen-bond acceptors (Lipinski definition) is 5. The molecule has 1 aliphatic heterocycles. The van der Waals surface area contributed by atoms with Crippen molar-refractivity contribution in [1.29, 1.82) is 0 Å². The Balaban J connectivity index is 1.59. The maximum absolute atomic E-state index is 13.0. The molecule has 1 fully saturated rings. The third-order valence-corrected chi connectivity index (χ3v) is 5.15. The molecule has 1 atom stereocenters. The van der Waals surface area contributed by atoms with Crippen LogP contribution in [0, 0.1) is 13.8 Å². The van der Waals surface area contributed by atoms with Crippen LogP contribution in [0.1, 0.15) is 29.4 Å². The number of nitrogens with zero attached hydrogens (tertiary/aromatic N) is 6. The summed E-state index contributed by atoms with van der Waals surface area (Å²) in [6, 6.07) is 9.91. The molecule has 1 aliphatic rings. The number of morpholine rings is 1. The van der Waals surface area contributed by atoms with Gasteiger partial charge < -0.3 is 9.64 Å². The van der Waals surface area contributed by atoms with Crippen LogP contribution in [-0.2, 0) is 16.1 Å². The Morgan fingerprint density at radius 2 is 2.07 bits per heavy atom. The maximum Gasteiger partial charge on any atom is 0.225 e. The molecule has 4 rings (SSSR count). The fourth-order valence-electron chi connectivity index (χ4n) is 3.80. The van der Waals surface area contributed by atoms with E-state index in [1.54, 1.807) is 11.0 Å². The highest BCUT2D eigenvalue weighted by Gasteiger charge is 2.32. The number of benzene rings is 1. The summed E-state index contributed by atoms with van der Waals surface area (Å²) in [6.45, 7) is 6.18. The molecule has 1 aromatic carbocycles. The minimum atomic E-state index is -0.130. The Hall–Kier alpha value is -3.00. The molecule has 1 unspecified atom stereocenters. The van der Waals surface area contributed by atoms with Crippen molar-refractivity contribution in [3.63, 3.8) is 0 Å². The summed E-state index contributed by atoms with van der Waals surface area (Å²) >= 11 is 0. The summed E-state index contributed by atoms with van der Waals surface area (Å²) in [5.74, 6) is 0.0926. The third kappa shape index (κ3) is 3.55. The minimum absolute atomic E-state index is 0.0926.